The summed E-state index contributed by atoms with van der Waals surface area (Å²) in [7, 11) is 7.39. The summed E-state index contributed by atoms with van der Waals surface area (Å²) in [5.74, 6) is 2.42. The van der Waals surface area contributed by atoms with Gasteiger partial charge in [0.15, 0.2) is 5.96 Å². The molecule has 0 unspecified atom stereocenters. The van der Waals surface area contributed by atoms with Crippen molar-refractivity contribution >= 4 is 29.9 Å². The Kier molecular flexibility index (Phi) is 12.3. The largest absolute Gasteiger partial charge is 0.497 e. The first-order valence-electron chi connectivity index (χ1n) is 10.0. The fraction of sp³-hybridized carbons (Fsp3) is 0.667. The molecule has 1 saturated carbocycles. The Morgan fingerprint density at radius 1 is 1.14 bits per heavy atom. The molecule has 1 aliphatic rings. The molecule has 1 aromatic rings. The molecule has 1 fully saturated rings. The predicted molar refractivity (Wildman–Crippen MR) is 127 cm³/mol. The van der Waals surface area contributed by atoms with Gasteiger partial charge in [0.2, 0.25) is 0 Å². The van der Waals surface area contributed by atoms with Crippen LogP contribution in [0.3, 0.4) is 0 Å². The summed E-state index contributed by atoms with van der Waals surface area (Å²) >= 11 is 0. The second-order valence-electron chi connectivity index (χ2n) is 7.16. The van der Waals surface area contributed by atoms with Crippen LogP contribution in [0.15, 0.2) is 23.2 Å². The molecular formula is C21H37IN4O2. The van der Waals surface area contributed by atoms with Crippen molar-refractivity contribution in [2.24, 2.45) is 4.99 Å². The normalized spacial score (nSPS) is 15.1. The lowest BCUT2D eigenvalue weighted by Crippen LogP contribution is -2.39. The number of hydrogen-bond acceptors (Lipinski definition) is 4. The zero-order chi connectivity index (χ0) is 19.5. The summed E-state index contributed by atoms with van der Waals surface area (Å²) in [5, 5.41) is 6.76. The quantitative estimate of drug-likeness (QED) is 0.233. The number of guanidine groups is 1. The Bertz CT molecular complexity index is 592. The fourth-order valence-corrected chi connectivity index (χ4v) is 3.64. The average Bonchev–Trinajstić information content (AvgIpc) is 2.73. The Hall–Kier alpha value is -1.22. The molecule has 0 atom stereocenters. The predicted octanol–water partition coefficient (Wildman–Crippen LogP) is 3.64. The van der Waals surface area contributed by atoms with Crippen LogP contribution in [0.5, 0.6) is 11.5 Å². The number of hydrogen-bond donors (Lipinski definition) is 2. The van der Waals surface area contributed by atoms with Gasteiger partial charge in [0.25, 0.3) is 0 Å². The van der Waals surface area contributed by atoms with Gasteiger partial charge in [0.05, 0.1) is 14.2 Å². The van der Waals surface area contributed by atoms with E-state index in [2.05, 4.69) is 27.6 Å². The summed E-state index contributed by atoms with van der Waals surface area (Å²) in [5.41, 5.74) is 1.07. The van der Waals surface area contributed by atoms with E-state index >= 15 is 0 Å². The van der Waals surface area contributed by atoms with Gasteiger partial charge in [0.1, 0.15) is 11.5 Å². The molecule has 6 nitrogen and oxygen atoms in total. The van der Waals surface area contributed by atoms with Gasteiger partial charge in [-0.25, -0.2) is 0 Å². The zero-order valence-electron chi connectivity index (χ0n) is 17.8. The highest BCUT2D eigenvalue weighted by molar-refractivity contribution is 14.0. The minimum Gasteiger partial charge on any atom is -0.497 e. The fourth-order valence-electron chi connectivity index (χ4n) is 3.64. The van der Waals surface area contributed by atoms with Crippen LogP contribution in [0.4, 0.5) is 0 Å². The summed E-state index contributed by atoms with van der Waals surface area (Å²) in [6.07, 6.45) is 8.01. The number of benzene rings is 1. The van der Waals surface area contributed by atoms with Crippen molar-refractivity contribution in [1.29, 1.82) is 0 Å². The zero-order valence-corrected chi connectivity index (χ0v) is 20.1. The van der Waals surface area contributed by atoms with Crippen LogP contribution in [0.2, 0.25) is 0 Å². The maximum atomic E-state index is 5.45. The lowest BCUT2D eigenvalue weighted by atomic mass is 9.94. The maximum absolute atomic E-state index is 5.45. The Morgan fingerprint density at radius 3 is 2.54 bits per heavy atom. The number of rotatable bonds is 9. The minimum absolute atomic E-state index is 0. The standard InChI is InChI=1S/C21H36N4O2.HI/c1-22-21(23-13-8-14-25(2)18-9-6-5-7-10-18)24-16-17-11-12-19(26-3)15-20(17)27-4;/h11-12,15,18H,5-10,13-14,16H2,1-4H3,(H2,22,23,24);1H. The van der Waals surface area contributed by atoms with E-state index in [4.69, 9.17) is 9.47 Å². The van der Waals surface area contributed by atoms with Gasteiger partial charge in [-0.05, 0) is 45.0 Å². The van der Waals surface area contributed by atoms with Gasteiger partial charge >= 0.3 is 0 Å². The summed E-state index contributed by atoms with van der Waals surface area (Å²) in [6.45, 7) is 2.69. The van der Waals surface area contributed by atoms with Gasteiger partial charge in [-0.1, -0.05) is 19.3 Å². The molecular weight excluding hydrogens is 467 g/mol. The number of aliphatic imine (C=N–C) groups is 1. The molecule has 0 radical (unpaired) electrons. The number of ether oxygens (including phenoxy) is 2. The Morgan fingerprint density at radius 2 is 1.89 bits per heavy atom. The molecule has 160 valence electrons. The number of nitrogens with one attached hydrogen (secondary N) is 2. The minimum atomic E-state index is 0. The number of methoxy groups -OCH3 is 2. The van der Waals surface area contributed by atoms with Crippen LogP contribution in [-0.4, -0.2) is 58.3 Å². The lowest BCUT2D eigenvalue weighted by Gasteiger charge is -2.31. The molecule has 2 rings (SSSR count). The molecule has 0 aromatic heterocycles. The maximum Gasteiger partial charge on any atom is 0.191 e. The third-order valence-electron chi connectivity index (χ3n) is 5.34. The monoisotopic (exact) mass is 504 g/mol. The smallest absolute Gasteiger partial charge is 0.191 e. The SMILES string of the molecule is CN=C(NCCCN(C)C1CCCCC1)NCc1ccc(OC)cc1OC.I. The number of nitrogens with zero attached hydrogens (tertiary/aromatic N) is 2. The van der Waals surface area contributed by atoms with Crippen molar-refractivity contribution in [3.63, 3.8) is 0 Å². The first-order valence-corrected chi connectivity index (χ1v) is 10.0. The summed E-state index contributed by atoms with van der Waals surface area (Å²) < 4.78 is 10.7. The van der Waals surface area contributed by atoms with Gasteiger partial charge in [-0.2, -0.15) is 0 Å². The highest BCUT2D eigenvalue weighted by Gasteiger charge is 2.17. The lowest BCUT2D eigenvalue weighted by molar-refractivity contribution is 0.190. The highest BCUT2D eigenvalue weighted by Crippen LogP contribution is 2.24. The number of halogens is 1. The third kappa shape index (κ3) is 8.03. The molecule has 0 amide bonds. The molecule has 1 aliphatic carbocycles. The second kappa shape index (κ2) is 13.9. The molecule has 0 heterocycles. The van der Waals surface area contributed by atoms with Crippen molar-refractivity contribution < 1.29 is 9.47 Å². The van der Waals surface area contributed by atoms with Crippen LogP contribution in [0.25, 0.3) is 0 Å². The summed E-state index contributed by atoms with van der Waals surface area (Å²) in [6, 6.07) is 6.63. The molecule has 7 heteroatoms. The van der Waals surface area contributed by atoms with E-state index in [0.717, 1.165) is 48.6 Å². The third-order valence-corrected chi connectivity index (χ3v) is 5.34. The van der Waals surface area contributed by atoms with E-state index in [0.29, 0.717) is 6.54 Å². The van der Waals surface area contributed by atoms with Crippen molar-refractivity contribution in [3.8, 4) is 11.5 Å². The van der Waals surface area contributed by atoms with Gasteiger partial charge < -0.3 is 25.0 Å². The van der Waals surface area contributed by atoms with E-state index in [-0.39, 0.29) is 24.0 Å². The molecule has 1 aromatic carbocycles. The van der Waals surface area contributed by atoms with Gasteiger partial charge in [-0.3, -0.25) is 4.99 Å². The molecule has 2 N–H and O–H groups in total. The molecule has 28 heavy (non-hydrogen) atoms. The van der Waals surface area contributed by atoms with E-state index in [1.807, 2.05) is 18.2 Å². The first-order chi connectivity index (χ1) is 13.2. The summed E-state index contributed by atoms with van der Waals surface area (Å²) in [4.78, 5) is 6.84. The molecule has 0 bridgehead atoms. The van der Waals surface area contributed by atoms with Gasteiger partial charge in [0, 0.05) is 37.8 Å². The topological polar surface area (TPSA) is 58.1 Å². The van der Waals surface area contributed by atoms with Crippen LogP contribution < -0.4 is 20.1 Å². The Balaban J connectivity index is 0.00000392. The van der Waals surface area contributed by atoms with Crippen molar-refractivity contribution in [3.05, 3.63) is 23.8 Å². The van der Waals surface area contributed by atoms with Crippen LogP contribution in [0.1, 0.15) is 44.1 Å². The van der Waals surface area contributed by atoms with E-state index < -0.39 is 0 Å². The van der Waals surface area contributed by atoms with Crippen LogP contribution in [-0.2, 0) is 6.54 Å². The molecule has 0 saturated heterocycles. The van der Waals surface area contributed by atoms with Crippen LogP contribution >= 0.6 is 24.0 Å². The average molecular weight is 504 g/mol. The molecule has 0 aliphatic heterocycles. The van der Waals surface area contributed by atoms with E-state index in [9.17, 15) is 0 Å². The molecule has 0 spiro atoms. The van der Waals surface area contributed by atoms with Crippen molar-refractivity contribution in [2.45, 2.75) is 51.1 Å². The highest BCUT2D eigenvalue weighted by atomic mass is 127. The van der Waals surface area contributed by atoms with Crippen molar-refractivity contribution in [1.82, 2.24) is 15.5 Å². The first kappa shape index (κ1) is 24.8. The van der Waals surface area contributed by atoms with E-state index in [1.165, 1.54) is 32.1 Å². The van der Waals surface area contributed by atoms with Crippen LogP contribution in [0, 0.1) is 0 Å². The van der Waals surface area contributed by atoms with Crippen molar-refractivity contribution in [2.75, 3.05) is 41.4 Å². The van der Waals surface area contributed by atoms with E-state index in [1.54, 1.807) is 21.3 Å². The van der Waals surface area contributed by atoms with Gasteiger partial charge in [-0.15, -0.1) is 24.0 Å². The Labute approximate surface area is 187 Å². The second-order valence-corrected chi connectivity index (χ2v) is 7.16.